The number of hydrogen-bond acceptors (Lipinski definition) is 4. The van der Waals surface area contributed by atoms with E-state index in [1.165, 1.54) is 0 Å². The molecule has 0 radical (unpaired) electrons. The van der Waals surface area contributed by atoms with Gasteiger partial charge in [0.2, 0.25) is 5.95 Å². The molecule has 0 bridgehead atoms. The summed E-state index contributed by atoms with van der Waals surface area (Å²) in [6, 6.07) is 0. The smallest absolute Gasteiger partial charge is 0.225 e. The molecule has 0 aromatic carbocycles. The molecule has 1 N–H and O–H groups in total. The Bertz CT molecular complexity index is 341. The first kappa shape index (κ1) is 13.6. The highest BCUT2D eigenvalue weighted by Crippen LogP contribution is 2.33. The molecule has 4 nitrogen and oxygen atoms in total. The molecule has 2 heterocycles. The Balaban J connectivity index is 0.00000112. The quantitative estimate of drug-likeness (QED) is 0.435. The Kier molecular flexibility index (Phi) is 5.68. The van der Waals surface area contributed by atoms with Gasteiger partial charge in [-0.05, 0) is 0 Å². The molecule has 0 saturated carbocycles. The number of anilines is 1. The summed E-state index contributed by atoms with van der Waals surface area (Å²) in [5.74, 6) is 0.861. The third-order valence-corrected chi connectivity index (χ3v) is 4.77. The Hall–Kier alpha value is 0.490. The van der Waals surface area contributed by atoms with Crippen molar-refractivity contribution in [3.8, 4) is 0 Å². The van der Waals surface area contributed by atoms with Gasteiger partial charge in [-0.2, -0.15) is 0 Å². The predicted molar refractivity (Wildman–Crippen MR) is 82.7 cm³/mol. The predicted octanol–water partition coefficient (Wildman–Crippen LogP) is 2.40. The molecule has 7 heteroatoms. The molecule has 1 aliphatic rings. The first-order valence-electron chi connectivity index (χ1n) is 4.35. The number of fused-ring (bicyclic) bond motifs is 1. The number of alkyl halides is 1. The lowest BCUT2D eigenvalue weighted by Crippen LogP contribution is -2.11. The summed E-state index contributed by atoms with van der Waals surface area (Å²) < 4.78 is 3.28. The minimum absolute atomic E-state index is 0. The molecule has 1 aliphatic heterocycles. The van der Waals surface area contributed by atoms with Crippen molar-refractivity contribution in [2.45, 2.75) is 17.0 Å². The zero-order valence-corrected chi connectivity index (χ0v) is 13.3. The zero-order valence-electron chi connectivity index (χ0n) is 8.02. The van der Waals surface area contributed by atoms with Gasteiger partial charge in [0, 0.05) is 22.8 Å². The summed E-state index contributed by atoms with van der Waals surface area (Å²) in [5, 5.41) is 13.0. The van der Waals surface area contributed by atoms with Crippen LogP contribution in [0.25, 0.3) is 0 Å². The molecule has 0 amide bonds. The number of hydrogen-bond donors (Lipinski definition) is 1. The van der Waals surface area contributed by atoms with Gasteiger partial charge in [0.15, 0.2) is 5.16 Å². The Labute approximate surface area is 124 Å². The third-order valence-electron chi connectivity index (χ3n) is 1.95. The molecule has 0 aliphatic carbocycles. The molecule has 0 fully saturated rings. The minimum Gasteiger partial charge on any atom is -0.351 e. The molecule has 1 aromatic rings. The molecule has 84 valence electrons. The van der Waals surface area contributed by atoms with Crippen LogP contribution in [0.2, 0.25) is 0 Å². The maximum atomic E-state index is 4.12. The van der Waals surface area contributed by atoms with E-state index in [1.54, 1.807) is 11.8 Å². The van der Waals surface area contributed by atoms with E-state index in [1.807, 2.05) is 6.08 Å². The zero-order chi connectivity index (χ0) is 9.97. The standard InChI is InChI=1S/C8H11IN4S.HI/c1-2-3-10-7-11-12-8-13(7)5-6(4-9)14-8;/h2,6H,1,3-5H2,(H,10,11);1H. The van der Waals surface area contributed by atoms with Crippen LogP contribution in [-0.4, -0.2) is 31.0 Å². The van der Waals surface area contributed by atoms with Crippen LogP contribution < -0.4 is 5.32 Å². The average Bonchev–Trinajstić information content (AvgIpc) is 2.74. The van der Waals surface area contributed by atoms with E-state index in [0.717, 1.165) is 28.6 Å². The number of rotatable bonds is 4. The van der Waals surface area contributed by atoms with Crippen molar-refractivity contribution in [1.29, 1.82) is 0 Å². The summed E-state index contributed by atoms with van der Waals surface area (Å²) in [7, 11) is 0. The van der Waals surface area contributed by atoms with Gasteiger partial charge in [0.25, 0.3) is 0 Å². The van der Waals surface area contributed by atoms with Gasteiger partial charge in [-0.25, -0.2) is 0 Å². The first-order chi connectivity index (χ1) is 6.85. The summed E-state index contributed by atoms with van der Waals surface area (Å²) >= 11 is 4.21. The first-order valence-corrected chi connectivity index (χ1v) is 6.76. The summed E-state index contributed by atoms with van der Waals surface area (Å²) in [4.78, 5) is 0. The fourth-order valence-electron chi connectivity index (χ4n) is 1.30. The van der Waals surface area contributed by atoms with Crippen molar-refractivity contribution in [3.05, 3.63) is 12.7 Å². The number of halogens is 2. The Morgan fingerprint density at radius 1 is 1.67 bits per heavy atom. The number of nitrogens with zero attached hydrogens (tertiary/aromatic N) is 3. The molecule has 0 saturated heterocycles. The van der Waals surface area contributed by atoms with Gasteiger partial charge in [-0.1, -0.05) is 40.4 Å². The highest BCUT2D eigenvalue weighted by Gasteiger charge is 2.25. The Morgan fingerprint density at radius 2 is 2.47 bits per heavy atom. The van der Waals surface area contributed by atoms with Crippen LogP contribution in [0.5, 0.6) is 0 Å². The second kappa shape index (κ2) is 6.28. The highest BCUT2D eigenvalue weighted by atomic mass is 127. The van der Waals surface area contributed by atoms with Crippen LogP contribution in [0.4, 0.5) is 5.95 Å². The summed E-state index contributed by atoms with van der Waals surface area (Å²) in [5.41, 5.74) is 0. The van der Waals surface area contributed by atoms with E-state index in [4.69, 9.17) is 0 Å². The molecule has 1 unspecified atom stereocenters. The summed E-state index contributed by atoms with van der Waals surface area (Å²) in [6.07, 6.45) is 1.82. The molecule has 0 spiro atoms. The molecular weight excluding hydrogens is 438 g/mol. The van der Waals surface area contributed by atoms with Gasteiger partial charge < -0.3 is 5.32 Å². The van der Waals surface area contributed by atoms with Crippen molar-refractivity contribution in [1.82, 2.24) is 14.8 Å². The van der Waals surface area contributed by atoms with Crippen molar-refractivity contribution < 1.29 is 0 Å². The molecule has 15 heavy (non-hydrogen) atoms. The second-order valence-corrected chi connectivity index (χ2v) is 5.13. The maximum absolute atomic E-state index is 4.12. The van der Waals surface area contributed by atoms with Crippen LogP contribution in [0.3, 0.4) is 0 Å². The van der Waals surface area contributed by atoms with E-state index in [0.29, 0.717) is 5.25 Å². The van der Waals surface area contributed by atoms with Gasteiger partial charge in [0.05, 0.1) is 0 Å². The second-order valence-electron chi connectivity index (χ2n) is 2.98. The van der Waals surface area contributed by atoms with Crippen LogP contribution in [-0.2, 0) is 6.54 Å². The van der Waals surface area contributed by atoms with Crippen LogP contribution in [0, 0.1) is 0 Å². The van der Waals surface area contributed by atoms with Gasteiger partial charge in [-0.15, -0.1) is 40.8 Å². The maximum Gasteiger partial charge on any atom is 0.225 e. The van der Waals surface area contributed by atoms with Crippen molar-refractivity contribution >= 4 is 64.3 Å². The molecule has 1 aromatic heterocycles. The van der Waals surface area contributed by atoms with Crippen molar-refractivity contribution in [2.24, 2.45) is 0 Å². The van der Waals surface area contributed by atoms with Crippen molar-refractivity contribution in [3.63, 3.8) is 0 Å². The van der Waals surface area contributed by atoms with E-state index in [-0.39, 0.29) is 24.0 Å². The number of nitrogens with one attached hydrogen (secondary N) is 1. The Morgan fingerprint density at radius 3 is 3.13 bits per heavy atom. The fourth-order valence-corrected chi connectivity index (χ4v) is 3.08. The van der Waals surface area contributed by atoms with E-state index in [2.05, 4.69) is 49.3 Å². The van der Waals surface area contributed by atoms with E-state index in [9.17, 15) is 0 Å². The summed E-state index contributed by atoms with van der Waals surface area (Å²) in [6.45, 7) is 5.40. The fraction of sp³-hybridized carbons (Fsp3) is 0.500. The van der Waals surface area contributed by atoms with Crippen LogP contribution in [0.1, 0.15) is 0 Å². The van der Waals surface area contributed by atoms with Crippen LogP contribution >= 0.6 is 58.3 Å². The largest absolute Gasteiger partial charge is 0.351 e. The number of thioether (sulfide) groups is 1. The highest BCUT2D eigenvalue weighted by molar-refractivity contribution is 14.1. The lowest BCUT2D eigenvalue weighted by molar-refractivity contribution is 0.679. The SMILES string of the molecule is C=CCNc1nnc2n1CC(CI)S2.I. The van der Waals surface area contributed by atoms with Gasteiger partial charge in [0.1, 0.15) is 0 Å². The van der Waals surface area contributed by atoms with E-state index < -0.39 is 0 Å². The lowest BCUT2D eigenvalue weighted by atomic mass is 10.5. The van der Waals surface area contributed by atoms with E-state index >= 15 is 0 Å². The monoisotopic (exact) mass is 450 g/mol. The molecule has 2 rings (SSSR count). The van der Waals surface area contributed by atoms with Crippen molar-refractivity contribution in [2.75, 3.05) is 16.3 Å². The number of aromatic nitrogens is 3. The van der Waals surface area contributed by atoms with Gasteiger partial charge in [-0.3, -0.25) is 4.57 Å². The third kappa shape index (κ3) is 2.99. The normalized spacial score (nSPS) is 18.1. The minimum atomic E-state index is 0. The van der Waals surface area contributed by atoms with Crippen LogP contribution in [0.15, 0.2) is 17.8 Å². The average molecular weight is 450 g/mol. The lowest BCUT2D eigenvalue weighted by Gasteiger charge is -2.05. The topological polar surface area (TPSA) is 42.7 Å². The molecule has 1 atom stereocenters. The van der Waals surface area contributed by atoms with Gasteiger partial charge >= 0.3 is 0 Å². The molecular formula is C8H12I2N4S.